The van der Waals surface area contributed by atoms with Gasteiger partial charge in [0, 0.05) is 12.6 Å². The van der Waals surface area contributed by atoms with E-state index >= 15 is 0 Å². The minimum absolute atomic E-state index is 0.137. The number of nitrogens with zero attached hydrogens (tertiary/aromatic N) is 2. The molecule has 2 rings (SSSR count). The van der Waals surface area contributed by atoms with Gasteiger partial charge in [0.15, 0.2) is 0 Å². The lowest BCUT2D eigenvalue weighted by atomic mass is 10.2. The molecule has 0 amide bonds. The number of benzene rings is 1. The van der Waals surface area contributed by atoms with Gasteiger partial charge < -0.3 is 10.3 Å². The minimum Gasteiger partial charge on any atom is -0.327 e. The SMILES string of the molecule is CCCCCn1c(C(C)N)nc2cc(F)ccc21. The van der Waals surface area contributed by atoms with Crippen molar-refractivity contribution in [3.05, 3.63) is 29.8 Å². The molecule has 18 heavy (non-hydrogen) atoms. The van der Waals surface area contributed by atoms with Crippen LogP contribution in [0.2, 0.25) is 0 Å². The lowest BCUT2D eigenvalue weighted by Crippen LogP contribution is -2.13. The molecule has 0 bridgehead atoms. The van der Waals surface area contributed by atoms with Gasteiger partial charge in [-0.05, 0) is 25.5 Å². The molecule has 0 aliphatic carbocycles. The molecule has 98 valence electrons. The van der Waals surface area contributed by atoms with Gasteiger partial charge in [-0.15, -0.1) is 0 Å². The molecular formula is C14H20FN3. The first-order valence-corrected chi connectivity index (χ1v) is 6.54. The summed E-state index contributed by atoms with van der Waals surface area (Å²) >= 11 is 0. The summed E-state index contributed by atoms with van der Waals surface area (Å²) in [5.74, 6) is 0.587. The van der Waals surface area contributed by atoms with Gasteiger partial charge in [-0.1, -0.05) is 19.8 Å². The summed E-state index contributed by atoms with van der Waals surface area (Å²) in [7, 11) is 0. The number of rotatable bonds is 5. The number of hydrogen-bond acceptors (Lipinski definition) is 2. The highest BCUT2D eigenvalue weighted by molar-refractivity contribution is 5.76. The van der Waals surface area contributed by atoms with Crippen LogP contribution in [0.15, 0.2) is 18.2 Å². The third kappa shape index (κ3) is 2.53. The number of nitrogens with two attached hydrogens (primary N) is 1. The van der Waals surface area contributed by atoms with Crippen LogP contribution in [0.5, 0.6) is 0 Å². The van der Waals surface area contributed by atoms with Gasteiger partial charge in [0.1, 0.15) is 11.6 Å². The van der Waals surface area contributed by atoms with Crippen molar-refractivity contribution in [1.29, 1.82) is 0 Å². The maximum absolute atomic E-state index is 13.2. The van der Waals surface area contributed by atoms with E-state index in [1.54, 1.807) is 6.07 Å². The second kappa shape index (κ2) is 5.48. The van der Waals surface area contributed by atoms with Crippen LogP contribution < -0.4 is 5.73 Å². The Balaban J connectivity index is 2.42. The fraction of sp³-hybridized carbons (Fsp3) is 0.500. The molecule has 2 aromatic rings. The van der Waals surface area contributed by atoms with Gasteiger partial charge >= 0.3 is 0 Å². The molecule has 0 saturated heterocycles. The van der Waals surface area contributed by atoms with E-state index in [0.717, 1.165) is 24.3 Å². The van der Waals surface area contributed by atoms with Crippen molar-refractivity contribution < 1.29 is 4.39 Å². The van der Waals surface area contributed by atoms with Crippen molar-refractivity contribution in [2.45, 2.75) is 45.7 Å². The third-order valence-corrected chi connectivity index (χ3v) is 3.13. The molecule has 1 aromatic carbocycles. The highest BCUT2D eigenvalue weighted by atomic mass is 19.1. The van der Waals surface area contributed by atoms with Crippen LogP contribution in [-0.2, 0) is 6.54 Å². The number of hydrogen-bond donors (Lipinski definition) is 1. The molecule has 0 saturated carbocycles. The van der Waals surface area contributed by atoms with E-state index in [4.69, 9.17) is 5.73 Å². The molecule has 0 aliphatic heterocycles. The molecule has 0 spiro atoms. The normalized spacial score (nSPS) is 13.1. The fourth-order valence-corrected chi connectivity index (χ4v) is 2.22. The van der Waals surface area contributed by atoms with Gasteiger partial charge in [0.05, 0.1) is 17.1 Å². The molecule has 1 atom stereocenters. The van der Waals surface area contributed by atoms with E-state index in [0.29, 0.717) is 5.52 Å². The number of aromatic nitrogens is 2. The van der Waals surface area contributed by atoms with E-state index in [-0.39, 0.29) is 11.9 Å². The van der Waals surface area contributed by atoms with Crippen LogP contribution in [0.1, 0.15) is 45.0 Å². The Hall–Kier alpha value is -1.42. The number of imidazole rings is 1. The van der Waals surface area contributed by atoms with E-state index in [9.17, 15) is 4.39 Å². The van der Waals surface area contributed by atoms with Crippen LogP contribution in [-0.4, -0.2) is 9.55 Å². The first-order chi connectivity index (χ1) is 8.63. The first kappa shape index (κ1) is 13.0. The molecule has 2 N–H and O–H groups in total. The molecular weight excluding hydrogens is 229 g/mol. The van der Waals surface area contributed by atoms with Crippen LogP contribution in [0.4, 0.5) is 4.39 Å². The first-order valence-electron chi connectivity index (χ1n) is 6.54. The average molecular weight is 249 g/mol. The molecule has 4 heteroatoms. The van der Waals surface area contributed by atoms with Crippen molar-refractivity contribution in [1.82, 2.24) is 9.55 Å². The Bertz CT molecular complexity index is 531. The zero-order valence-corrected chi connectivity index (χ0v) is 11.0. The molecule has 0 fully saturated rings. The van der Waals surface area contributed by atoms with Crippen LogP contribution in [0.25, 0.3) is 11.0 Å². The summed E-state index contributed by atoms with van der Waals surface area (Å²) in [5, 5.41) is 0. The molecule has 1 unspecified atom stereocenters. The topological polar surface area (TPSA) is 43.8 Å². The molecule has 3 nitrogen and oxygen atoms in total. The van der Waals surface area contributed by atoms with E-state index < -0.39 is 0 Å². The number of aryl methyl sites for hydroxylation is 1. The number of fused-ring (bicyclic) bond motifs is 1. The predicted molar refractivity (Wildman–Crippen MR) is 71.8 cm³/mol. The Morgan fingerprint density at radius 3 is 2.83 bits per heavy atom. The molecule has 0 radical (unpaired) electrons. The second-order valence-electron chi connectivity index (χ2n) is 4.75. The van der Waals surface area contributed by atoms with Crippen molar-refractivity contribution in [2.24, 2.45) is 5.73 Å². The van der Waals surface area contributed by atoms with Crippen molar-refractivity contribution in [3.63, 3.8) is 0 Å². The Labute approximate surface area is 107 Å². The van der Waals surface area contributed by atoms with Gasteiger partial charge in [0.2, 0.25) is 0 Å². The second-order valence-corrected chi connectivity index (χ2v) is 4.75. The molecule has 1 aromatic heterocycles. The maximum atomic E-state index is 13.2. The average Bonchev–Trinajstić information content (AvgIpc) is 2.68. The van der Waals surface area contributed by atoms with Gasteiger partial charge in [-0.25, -0.2) is 9.37 Å². The predicted octanol–water partition coefficient (Wildman–Crippen LogP) is 3.39. The zero-order chi connectivity index (χ0) is 13.1. The lowest BCUT2D eigenvalue weighted by molar-refractivity contribution is 0.570. The summed E-state index contributed by atoms with van der Waals surface area (Å²) in [6.07, 6.45) is 3.45. The summed E-state index contributed by atoms with van der Waals surface area (Å²) in [5.41, 5.74) is 7.61. The largest absolute Gasteiger partial charge is 0.327 e. The van der Waals surface area contributed by atoms with Crippen molar-refractivity contribution in [2.75, 3.05) is 0 Å². The van der Waals surface area contributed by atoms with Crippen LogP contribution in [0, 0.1) is 5.82 Å². The van der Waals surface area contributed by atoms with E-state index in [1.165, 1.54) is 25.0 Å². The summed E-state index contributed by atoms with van der Waals surface area (Å²) in [6, 6.07) is 4.60. The number of halogens is 1. The molecule has 1 heterocycles. The summed E-state index contributed by atoms with van der Waals surface area (Å²) in [4.78, 5) is 4.45. The van der Waals surface area contributed by atoms with Gasteiger partial charge in [-0.3, -0.25) is 0 Å². The Morgan fingerprint density at radius 1 is 1.39 bits per heavy atom. The van der Waals surface area contributed by atoms with E-state index in [2.05, 4.69) is 16.5 Å². The summed E-state index contributed by atoms with van der Waals surface area (Å²) < 4.78 is 15.3. The van der Waals surface area contributed by atoms with E-state index in [1.807, 2.05) is 6.92 Å². The highest BCUT2D eigenvalue weighted by Crippen LogP contribution is 2.21. The number of unbranched alkanes of at least 4 members (excludes halogenated alkanes) is 2. The Morgan fingerprint density at radius 2 is 2.17 bits per heavy atom. The third-order valence-electron chi connectivity index (χ3n) is 3.13. The zero-order valence-electron chi connectivity index (χ0n) is 11.0. The highest BCUT2D eigenvalue weighted by Gasteiger charge is 2.13. The quantitative estimate of drug-likeness (QED) is 0.825. The van der Waals surface area contributed by atoms with Gasteiger partial charge in [0.25, 0.3) is 0 Å². The summed E-state index contributed by atoms with van der Waals surface area (Å²) in [6.45, 7) is 4.98. The maximum Gasteiger partial charge on any atom is 0.126 e. The minimum atomic E-state index is -0.253. The standard InChI is InChI=1S/C14H20FN3/c1-3-4-5-8-18-13-7-6-11(15)9-12(13)17-14(18)10(2)16/h6-7,9-10H,3-5,8,16H2,1-2H3. The van der Waals surface area contributed by atoms with Crippen LogP contribution in [0.3, 0.4) is 0 Å². The fourth-order valence-electron chi connectivity index (χ4n) is 2.22. The smallest absolute Gasteiger partial charge is 0.126 e. The van der Waals surface area contributed by atoms with Crippen LogP contribution >= 0.6 is 0 Å². The Kier molecular flexibility index (Phi) is 3.97. The monoisotopic (exact) mass is 249 g/mol. The lowest BCUT2D eigenvalue weighted by Gasteiger charge is -2.11. The van der Waals surface area contributed by atoms with Gasteiger partial charge in [-0.2, -0.15) is 0 Å². The van der Waals surface area contributed by atoms with Crippen molar-refractivity contribution in [3.8, 4) is 0 Å². The van der Waals surface area contributed by atoms with Crippen molar-refractivity contribution >= 4 is 11.0 Å². The molecule has 0 aliphatic rings.